The number of aryl methyl sites for hydroxylation is 1. The van der Waals surface area contributed by atoms with Gasteiger partial charge in [-0.3, -0.25) is 19.4 Å². The first-order valence-electron chi connectivity index (χ1n) is 24.5. The van der Waals surface area contributed by atoms with E-state index in [-0.39, 0.29) is 37.2 Å². The highest BCUT2D eigenvalue weighted by atomic mass is 16.7. The minimum Gasteiger partial charge on any atom is -0.461 e. The van der Waals surface area contributed by atoms with Crippen molar-refractivity contribution in [2.24, 2.45) is 23.7 Å². The van der Waals surface area contributed by atoms with Crippen molar-refractivity contribution in [1.29, 1.82) is 0 Å². The Morgan fingerprint density at radius 1 is 0.985 bits per heavy atom. The van der Waals surface area contributed by atoms with Crippen LogP contribution in [0.4, 0.5) is 4.79 Å². The van der Waals surface area contributed by atoms with Gasteiger partial charge in [0.25, 0.3) is 0 Å². The Hall–Kier alpha value is -4.74. The molecule has 0 radical (unpaired) electrons. The standard InChI is InChI=1S/C52H75N5O11/c1-12-41-52(9)46(57(50(62)68-52)25-18-17-24-56-30-39(54-31-56)38-21-15-14-16-22-38)34(5)43(59)32(3)28-51(8,63-11)47(67-49-44(60)40(55(10)13-2)26-33(4)64-49)35(6)45(36(7)48(61)65-41)66-42(58)27-37-20-19-23-53-29-37/h14-16,19-23,29-36,40-41,44-47,49,60H,12-13,17-18,24-28H2,1-11H3/t32-,33+,34+,35+,36-,40-,41-,44+,45+,46-,47-,49-,51-,52-/m1/s1. The molecule has 16 nitrogen and oxygen atoms in total. The van der Waals surface area contributed by atoms with Crippen LogP contribution < -0.4 is 0 Å². The van der Waals surface area contributed by atoms with Crippen LogP contribution >= 0.6 is 0 Å². The normalized spacial score (nSPS) is 34.0. The fourth-order valence-corrected chi connectivity index (χ4v) is 10.9. The smallest absolute Gasteiger partial charge is 0.410 e. The molecule has 3 fully saturated rings. The van der Waals surface area contributed by atoms with Gasteiger partial charge in [0, 0.05) is 68.1 Å². The summed E-state index contributed by atoms with van der Waals surface area (Å²) in [6.07, 6.45) is 2.84. The summed E-state index contributed by atoms with van der Waals surface area (Å²) in [7, 11) is 3.47. The lowest BCUT2D eigenvalue weighted by atomic mass is 9.73. The number of fused-ring (bicyclic) bond motifs is 1. The molecule has 3 aliphatic rings. The van der Waals surface area contributed by atoms with E-state index in [9.17, 15) is 19.5 Å². The van der Waals surface area contributed by atoms with Gasteiger partial charge in [0.05, 0.1) is 48.2 Å². The Labute approximate surface area is 402 Å². The topological polar surface area (TPSA) is 181 Å². The number of benzene rings is 1. The van der Waals surface area contributed by atoms with E-state index in [1.54, 1.807) is 49.6 Å². The monoisotopic (exact) mass is 946 g/mol. The van der Waals surface area contributed by atoms with Gasteiger partial charge in [-0.25, -0.2) is 9.78 Å². The maximum Gasteiger partial charge on any atom is 0.410 e. The molecule has 2 aromatic heterocycles. The molecule has 1 N–H and O–H groups in total. The number of Topliss-reactive ketones (excluding diaryl/α,β-unsaturated/α-hetero) is 1. The van der Waals surface area contributed by atoms with Crippen molar-refractivity contribution in [1.82, 2.24) is 24.3 Å². The molecule has 0 unspecified atom stereocenters. The number of esters is 2. The summed E-state index contributed by atoms with van der Waals surface area (Å²) in [5.74, 6) is -4.79. The second kappa shape index (κ2) is 22.8. The third kappa shape index (κ3) is 11.6. The third-order valence-corrected chi connectivity index (χ3v) is 14.8. The molecule has 6 rings (SSSR count). The first kappa shape index (κ1) is 52.6. The number of nitrogens with zero attached hydrogens (tertiary/aromatic N) is 5. The molecule has 14 atom stereocenters. The van der Waals surface area contributed by atoms with E-state index >= 15 is 4.79 Å². The number of amides is 1. The quantitative estimate of drug-likeness (QED) is 0.0944. The van der Waals surface area contributed by atoms with Gasteiger partial charge in [-0.15, -0.1) is 0 Å². The zero-order valence-corrected chi connectivity index (χ0v) is 41.9. The van der Waals surface area contributed by atoms with Gasteiger partial charge in [0.2, 0.25) is 0 Å². The second-order valence-corrected chi connectivity index (χ2v) is 19.8. The molecule has 0 saturated carbocycles. The van der Waals surface area contributed by atoms with E-state index in [0.29, 0.717) is 44.5 Å². The molecular weight excluding hydrogens is 871 g/mol. The number of carbonyl (C=O) groups excluding carboxylic acids is 4. The van der Waals surface area contributed by atoms with Crippen LogP contribution in [0, 0.1) is 23.7 Å². The molecule has 1 aromatic carbocycles. The Morgan fingerprint density at radius 2 is 1.71 bits per heavy atom. The van der Waals surface area contributed by atoms with Gasteiger partial charge in [-0.05, 0) is 85.0 Å². The summed E-state index contributed by atoms with van der Waals surface area (Å²) in [4.78, 5) is 70.3. The van der Waals surface area contributed by atoms with E-state index < -0.39 is 89.7 Å². The summed E-state index contributed by atoms with van der Waals surface area (Å²) in [5.41, 5.74) is -0.219. The van der Waals surface area contributed by atoms with Crippen LogP contribution in [0.3, 0.4) is 0 Å². The zero-order valence-electron chi connectivity index (χ0n) is 41.9. The van der Waals surface area contributed by atoms with Crippen LogP contribution in [0.1, 0.15) is 100.0 Å². The molecule has 1 amide bonds. The highest BCUT2D eigenvalue weighted by Gasteiger charge is 2.60. The first-order valence-corrected chi connectivity index (χ1v) is 24.5. The van der Waals surface area contributed by atoms with Crippen LogP contribution in [0.5, 0.6) is 0 Å². The van der Waals surface area contributed by atoms with Crippen LogP contribution in [0.2, 0.25) is 0 Å². The summed E-state index contributed by atoms with van der Waals surface area (Å²) in [6, 6.07) is 12.3. The number of aromatic nitrogens is 3. The van der Waals surface area contributed by atoms with Crippen molar-refractivity contribution in [2.45, 2.75) is 167 Å². The summed E-state index contributed by atoms with van der Waals surface area (Å²) < 4.78 is 40.8. The number of hydrogen-bond donors (Lipinski definition) is 1. The van der Waals surface area contributed by atoms with Crippen LogP contribution in [0.25, 0.3) is 11.3 Å². The minimum atomic E-state index is -1.43. The molecule has 0 spiro atoms. The highest BCUT2D eigenvalue weighted by molar-refractivity contribution is 5.85. The highest BCUT2D eigenvalue weighted by Crippen LogP contribution is 2.44. The fourth-order valence-electron chi connectivity index (χ4n) is 10.9. The number of methoxy groups -OCH3 is 1. The van der Waals surface area contributed by atoms with Crippen molar-refractivity contribution in [2.75, 3.05) is 27.2 Å². The molecule has 3 aliphatic heterocycles. The Kier molecular flexibility index (Phi) is 17.6. The van der Waals surface area contributed by atoms with E-state index in [1.807, 2.05) is 96.6 Å². The maximum absolute atomic E-state index is 15.1. The molecule has 68 heavy (non-hydrogen) atoms. The molecule has 16 heteroatoms. The molecule has 0 bridgehead atoms. The predicted octanol–water partition coefficient (Wildman–Crippen LogP) is 6.90. The van der Waals surface area contributed by atoms with Gasteiger partial charge < -0.3 is 47.9 Å². The lowest BCUT2D eigenvalue weighted by Crippen LogP contribution is -2.61. The van der Waals surface area contributed by atoms with Gasteiger partial charge in [-0.2, -0.15) is 0 Å². The SMILES string of the molecule is CC[C@H]1OC(=O)[C@H](C)[C@@H](OC(=O)Cc2cccnc2)[C@H](C)[C@@H](O[C@H]2O[C@@H](C)C[C@@H](N(C)CC)[C@@H]2O)[C@](C)(OC)C[C@@H](C)C(=O)[C@H](C)[C@H]2N(CCCCn3cnc(-c4ccccc4)c3)C(=O)O[C@]12C. The number of ether oxygens (including phenoxy) is 6. The molecule has 3 aromatic rings. The fraction of sp³-hybridized carbons (Fsp3) is 0.654. The van der Waals surface area contributed by atoms with Gasteiger partial charge in [0.1, 0.15) is 24.1 Å². The number of aliphatic hydroxyl groups is 1. The second-order valence-electron chi connectivity index (χ2n) is 19.8. The number of aliphatic hydroxyl groups excluding tert-OH is 1. The first-order chi connectivity index (χ1) is 32.3. The number of unbranched alkanes of at least 4 members (excludes halogenated alkanes) is 1. The van der Waals surface area contributed by atoms with Crippen molar-refractivity contribution in [3.8, 4) is 11.3 Å². The summed E-state index contributed by atoms with van der Waals surface area (Å²) >= 11 is 0. The minimum absolute atomic E-state index is 0.123. The Morgan fingerprint density at radius 3 is 2.37 bits per heavy atom. The van der Waals surface area contributed by atoms with Crippen LogP contribution in [-0.2, 0) is 55.8 Å². The summed E-state index contributed by atoms with van der Waals surface area (Å²) in [5, 5.41) is 11.9. The van der Waals surface area contributed by atoms with Crippen LogP contribution in [-0.4, -0.2) is 141 Å². The number of ketones is 1. The van der Waals surface area contributed by atoms with Crippen molar-refractivity contribution < 1.29 is 52.7 Å². The van der Waals surface area contributed by atoms with Crippen molar-refractivity contribution in [3.05, 3.63) is 72.9 Å². The number of imidazole rings is 1. The number of likely N-dealkylation sites (N-methyl/N-ethyl adjacent to an activating group) is 1. The van der Waals surface area contributed by atoms with Crippen molar-refractivity contribution >= 4 is 23.8 Å². The number of cyclic esters (lactones) is 1. The molecular formula is C52H75N5O11. The van der Waals surface area contributed by atoms with Gasteiger partial charge in [0.15, 0.2) is 11.9 Å². The van der Waals surface area contributed by atoms with E-state index in [2.05, 4.69) is 14.9 Å². The van der Waals surface area contributed by atoms with E-state index in [1.165, 1.54) is 7.11 Å². The average molecular weight is 946 g/mol. The lowest BCUT2D eigenvalue weighted by Gasteiger charge is -2.48. The number of pyridine rings is 1. The van der Waals surface area contributed by atoms with Gasteiger partial charge >= 0.3 is 18.0 Å². The lowest BCUT2D eigenvalue weighted by molar-refractivity contribution is -0.302. The molecule has 5 heterocycles. The number of hydrogen-bond acceptors (Lipinski definition) is 14. The molecule has 3 saturated heterocycles. The predicted molar refractivity (Wildman–Crippen MR) is 254 cm³/mol. The largest absolute Gasteiger partial charge is 0.461 e. The van der Waals surface area contributed by atoms with Crippen molar-refractivity contribution in [3.63, 3.8) is 0 Å². The Balaban J connectivity index is 1.35. The Bertz CT molecular complexity index is 2140. The average Bonchev–Trinajstić information content (AvgIpc) is 3.91. The van der Waals surface area contributed by atoms with Gasteiger partial charge in [-0.1, -0.05) is 71.0 Å². The van der Waals surface area contributed by atoms with E-state index in [0.717, 1.165) is 11.3 Å². The van der Waals surface area contributed by atoms with E-state index in [4.69, 9.17) is 28.4 Å². The number of rotatable bonds is 15. The zero-order chi connectivity index (χ0) is 49.5. The molecule has 0 aliphatic carbocycles. The summed E-state index contributed by atoms with van der Waals surface area (Å²) in [6.45, 7) is 18.1. The number of carbonyl (C=O) groups is 4. The maximum atomic E-state index is 15.1. The molecule has 374 valence electrons. The van der Waals surface area contributed by atoms with Crippen LogP contribution in [0.15, 0.2) is 67.4 Å². The third-order valence-electron chi connectivity index (χ3n) is 14.8.